The average molecular weight is 360 g/mol. The highest BCUT2D eigenvalue weighted by Crippen LogP contribution is 2.42. The summed E-state index contributed by atoms with van der Waals surface area (Å²) in [4.78, 5) is 12.3. The highest BCUT2D eigenvalue weighted by molar-refractivity contribution is 9.10. The van der Waals surface area contributed by atoms with Crippen LogP contribution in [0.2, 0.25) is 0 Å². The number of anilines is 1. The molecule has 1 aliphatic rings. The number of phenols is 1. The topological polar surface area (TPSA) is 49.3 Å². The standard InChI is InChI=1S/C18H18BrNO2/c1-11-7-15(19)17(21)16(8-11)20-18(22)14-9-13(10-14)12-5-3-2-4-6-12/h2-8,13-14,21H,9-10H2,1H3,(H,20,22). The maximum absolute atomic E-state index is 12.3. The summed E-state index contributed by atoms with van der Waals surface area (Å²) in [5.74, 6) is 0.552. The first kappa shape index (κ1) is 15.1. The maximum Gasteiger partial charge on any atom is 0.227 e. The van der Waals surface area contributed by atoms with E-state index in [1.165, 1.54) is 5.56 Å². The van der Waals surface area contributed by atoms with Crippen LogP contribution >= 0.6 is 15.9 Å². The van der Waals surface area contributed by atoms with E-state index in [9.17, 15) is 9.90 Å². The zero-order valence-corrected chi connectivity index (χ0v) is 13.9. The van der Waals surface area contributed by atoms with Crippen molar-refractivity contribution in [3.8, 4) is 5.75 Å². The maximum atomic E-state index is 12.3. The molecule has 1 aliphatic carbocycles. The number of hydrogen-bond acceptors (Lipinski definition) is 2. The third-order valence-electron chi connectivity index (χ3n) is 4.25. The van der Waals surface area contributed by atoms with E-state index in [1.54, 1.807) is 6.07 Å². The third-order valence-corrected chi connectivity index (χ3v) is 4.85. The Morgan fingerprint density at radius 2 is 1.91 bits per heavy atom. The van der Waals surface area contributed by atoms with Crippen molar-refractivity contribution < 1.29 is 9.90 Å². The van der Waals surface area contributed by atoms with Crippen LogP contribution in [-0.4, -0.2) is 11.0 Å². The molecule has 0 bridgehead atoms. The van der Waals surface area contributed by atoms with Crippen LogP contribution in [-0.2, 0) is 4.79 Å². The molecule has 0 heterocycles. The van der Waals surface area contributed by atoms with Crippen LogP contribution in [0.1, 0.15) is 29.9 Å². The van der Waals surface area contributed by atoms with Gasteiger partial charge in [0.2, 0.25) is 5.91 Å². The number of aromatic hydroxyl groups is 1. The average Bonchev–Trinajstić information content (AvgIpc) is 2.44. The fourth-order valence-electron chi connectivity index (χ4n) is 2.89. The molecule has 0 aliphatic heterocycles. The van der Waals surface area contributed by atoms with Gasteiger partial charge < -0.3 is 10.4 Å². The fourth-order valence-corrected chi connectivity index (χ4v) is 3.47. The van der Waals surface area contributed by atoms with E-state index in [1.807, 2.05) is 31.2 Å². The summed E-state index contributed by atoms with van der Waals surface area (Å²) in [6.07, 6.45) is 1.73. The second-order valence-electron chi connectivity index (χ2n) is 5.91. The number of amides is 1. The van der Waals surface area contributed by atoms with Crippen molar-refractivity contribution >= 4 is 27.5 Å². The monoisotopic (exact) mass is 359 g/mol. The minimum atomic E-state index is -0.0139. The summed E-state index contributed by atoms with van der Waals surface area (Å²) < 4.78 is 0.596. The Morgan fingerprint density at radius 3 is 2.59 bits per heavy atom. The minimum Gasteiger partial charge on any atom is -0.505 e. The van der Waals surface area contributed by atoms with Gasteiger partial charge >= 0.3 is 0 Å². The number of aryl methyl sites for hydroxylation is 1. The molecule has 0 saturated heterocycles. The highest BCUT2D eigenvalue weighted by atomic mass is 79.9. The first-order chi connectivity index (χ1) is 10.5. The zero-order valence-electron chi connectivity index (χ0n) is 12.3. The summed E-state index contributed by atoms with van der Waals surface area (Å²) in [5.41, 5.74) is 2.75. The molecule has 114 valence electrons. The van der Waals surface area contributed by atoms with E-state index in [2.05, 4.69) is 33.4 Å². The van der Waals surface area contributed by atoms with Gasteiger partial charge in [-0.2, -0.15) is 0 Å². The lowest BCUT2D eigenvalue weighted by Gasteiger charge is -2.34. The lowest BCUT2D eigenvalue weighted by molar-refractivity contribution is -0.122. The van der Waals surface area contributed by atoms with Crippen molar-refractivity contribution in [2.45, 2.75) is 25.7 Å². The third kappa shape index (κ3) is 3.02. The van der Waals surface area contributed by atoms with E-state index in [0.717, 1.165) is 18.4 Å². The van der Waals surface area contributed by atoms with Crippen LogP contribution in [0.25, 0.3) is 0 Å². The molecule has 0 aromatic heterocycles. The Bertz CT molecular complexity index is 694. The van der Waals surface area contributed by atoms with Gasteiger partial charge in [0.25, 0.3) is 0 Å². The second-order valence-corrected chi connectivity index (χ2v) is 6.76. The van der Waals surface area contributed by atoms with Gasteiger partial charge in [-0.15, -0.1) is 0 Å². The highest BCUT2D eigenvalue weighted by Gasteiger charge is 2.35. The molecule has 3 rings (SSSR count). The largest absolute Gasteiger partial charge is 0.505 e. The molecular formula is C18H18BrNO2. The number of phenolic OH excluding ortho intramolecular Hbond substituents is 1. The van der Waals surface area contributed by atoms with Gasteiger partial charge in [-0.25, -0.2) is 0 Å². The van der Waals surface area contributed by atoms with Crippen molar-refractivity contribution in [2.75, 3.05) is 5.32 Å². The lowest BCUT2D eigenvalue weighted by atomic mass is 9.71. The van der Waals surface area contributed by atoms with Crippen LogP contribution in [0.4, 0.5) is 5.69 Å². The number of nitrogens with one attached hydrogen (secondary N) is 1. The smallest absolute Gasteiger partial charge is 0.227 e. The Morgan fingerprint density at radius 1 is 1.23 bits per heavy atom. The predicted octanol–water partition coefficient (Wildman–Crippen LogP) is 4.60. The molecule has 0 spiro atoms. The van der Waals surface area contributed by atoms with Gasteiger partial charge in [-0.05, 0) is 64.9 Å². The van der Waals surface area contributed by atoms with Crippen molar-refractivity contribution in [1.82, 2.24) is 0 Å². The number of benzene rings is 2. The van der Waals surface area contributed by atoms with Crippen molar-refractivity contribution in [2.24, 2.45) is 5.92 Å². The predicted molar refractivity (Wildman–Crippen MR) is 91.1 cm³/mol. The summed E-state index contributed by atoms with van der Waals surface area (Å²) in [6.45, 7) is 1.93. The molecule has 1 amide bonds. The van der Waals surface area contributed by atoms with E-state index in [0.29, 0.717) is 16.1 Å². The van der Waals surface area contributed by atoms with Crippen LogP contribution < -0.4 is 5.32 Å². The van der Waals surface area contributed by atoms with E-state index < -0.39 is 0 Å². The molecular weight excluding hydrogens is 342 g/mol. The van der Waals surface area contributed by atoms with Gasteiger partial charge in [-0.1, -0.05) is 30.3 Å². The molecule has 0 atom stereocenters. The molecule has 2 aromatic rings. The van der Waals surface area contributed by atoms with Gasteiger partial charge in [0.15, 0.2) is 5.75 Å². The van der Waals surface area contributed by atoms with Crippen molar-refractivity contribution in [3.05, 3.63) is 58.1 Å². The van der Waals surface area contributed by atoms with Gasteiger partial charge in [0.1, 0.15) is 0 Å². The number of carbonyl (C=O) groups excluding carboxylic acids is 1. The zero-order chi connectivity index (χ0) is 15.7. The van der Waals surface area contributed by atoms with Crippen molar-refractivity contribution in [1.29, 1.82) is 0 Å². The van der Waals surface area contributed by atoms with Crippen molar-refractivity contribution in [3.63, 3.8) is 0 Å². The summed E-state index contributed by atoms with van der Waals surface area (Å²) in [6, 6.07) is 13.9. The first-order valence-electron chi connectivity index (χ1n) is 7.39. The number of hydrogen-bond donors (Lipinski definition) is 2. The molecule has 2 aromatic carbocycles. The fraction of sp³-hybridized carbons (Fsp3) is 0.278. The van der Waals surface area contributed by atoms with Gasteiger partial charge in [0.05, 0.1) is 10.2 Å². The molecule has 2 N–H and O–H groups in total. The number of carbonyl (C=O) groups is 1. The van der Waals surface area contributed by atoms with Crippen LogP contribution in [0.5, 0.6) is 5.75 Å². The summed E-state index contributed by atoms with van der Waals surface area (Å²) in [5, 5.41) is 12.9. The SMILES string of the molecule is Cc1cc(Br)c(O)c(NC(=O)C2CC(c3ccccc3)C2)c1. The quantitative estimate of drug-likeness (QED) is 0.787. The number of halogens is 1. The Hall–Kier alpha value is -1.81. The second kappa shape index (κ2) is 6.13. The Labute approximate surface area is 138 Å². The molecule has 0 unspecified atom stereocenters. The van der Waals surface area contributed by atoms with Crippen LogP contribution in [0, 0.1) is 12.8 Å². The molecule has 3 nitrogen and oxygen atoms in total. The lowest BCUT2D eigenvalue weighted by Crippen LogP contribution is -2.33. The number of rotatable bonds is 3. The Balaban J connectivity index is 1.63. The molecule has 0 radical (unpaired) electrons. The molecule has 22 heavy (non-hydrogen) atoms. The minimum absolute atomic E-state index is 0.0139. The molecule has 4 heteroatoms. The van der Waals surface area contributed by atoms with Crippen LogP contribution in [0.15, 0.2) is 46.9 Å². The van der Waals surface area contributed by atoms with Gasteiger partial charge in [0, 0.05) is 5.92 Å². The van der Waals surface area contributed by atoms with Gasteiger partial charge in [-0.3, -0.25) is 4.79 Å². The van der Waals surface area contributed by atoms with E-state index >= 15 is 0 Å². The van der Waals surface area contributed by atoms with Crippen LogP contribution in [0.3, 0.4) is 0 Å². The summed E-state index contributed by atoms with van der Waals surface area (Å²) in [7, 11) is 0. The Kier molecular flexibility index (Phi) is 4.21. The normalized spacial score (nSPS) is 20.3. The molecule has 1 saturated carbocycles. The molecule has 1 fully saturated rings. The van der Waals surface area contributed by atoms with E-state index in [-0.39, 0.29) is 17.6 Å². The summed E-state index contributed by atoms with van der Waals surface area (Å²) >= 11 is 3.29. The first-order valence-corrected chi connectivity index (χ1v) is 8.19. The van der Waals surface area contributed by atoms with E-state index in [4.69, 9.17) is 0 Å².